The Balaban J connectivity index is 1.45. The molecule has 22 heavy (non-hydrogen) atoms. The molecule has 2 aromatic rings. The summed E-state index contributed by atoms with van der Waals surface area (Å²) >= 11 is 0. The quantitative estimate of drug-likeness (QED) is 0.246. The van der Waals surface area contributed by atoms with E-state index in [0.717, 1.165) is 19.3 Å². The number of benzene rings is 2. The Kier molecular flexibility index (Phi) is 5.27. The summed E-state index contributed by atoms with van der Waals surface area (Å²) in [5.74, 6) is 0. The molecule has 1 aliphatic rings. The van der Waals surface area contributed by atoms with Gasteiger partial charge in [-0.25, -0.2) is 0 Å². The van der Waals surface area contributed by atoms with Gasteiger partial charge in [0, 0.05) is 0 Å². The first-order valence-corrected chi connectivity index (χ1v) is 7.60. The number of epoxide rings is 1. The van der Waals surface area contributed by atoms with Crippen molar-refractivity contribution < 1.29 is 9.39 Å². The van der Waals surface area contributed by atoms with Crippen molar-refractivity contribution in [2.45, 2.75) is 24.9 Å². The monoisotopic (exact) mass is 292 g/mol. The molecule has 0 unspecified atom stereocenters. The number of nitrogens with zero attached hydrogens (tertiary/aromatic N) is 1. The molecule has 0 saturated carbocycles. The molecule has 0 spiro atoms. The van der Waals surface area contributed by atoms with Crippen LogP contribution in [0.1, 0.15) is 11.1 Å². The van der Waals surface area contributed by atoms with Crippen molar-refractivity contribution in [1.29, 1.82) is 0 Å². The van der Waals surface area contributed by atoms with Gasteiger partial charge in [-0.05, 0) is 18.3 Å². The highest BCUT2D eigenvalue weighted by Crippen LogP contribution is 2.20. The van der Waals surface area contributed by atoms with Gasteiger partial charge >= 0.3 is 7.48 Å². The second-order valence-electron chi connectivity index (χ2n) is 5.38. The lowest BCUT2D eigenvalue weighted by molar-refractivity contribution is 0.371. The summed E-state index contributed by atoms with van der Waals surface area (Å²) in [7, 11) is 1.77. The van der Waals surface area contributed by atoms with Crippen LogP contribution < -0.4 is 0 Å². The molecule has 0 N–H and O–H groups in total. The smallest absolute Gasteiger partial charge is 0.375 e. The molecule has 3 nitrogen and oxygen atoms in total. The van der Waals surface area contributed by atoms with Crippen molar-refractivity contribution in [3.63, 3.8) is 0 Å². The first-order chi connectivity index (χ1) is 10.9. The lowest BCUT2D eigenvalue weighted by atomic mass is 9.90. The minimum absolute atomic E-state index is 0.132. The van der Waals surface area contributed by atoms with Crippen LogP contribution in [0.2, 0.25) is 0 Å². The average molecular weight is 292 g/mol. The molecule has 2 atom stereocenters. The van der Waals surface area contributed by atoms with E-state index in [-0.39, 0.29) is 12.1 Å². The van der Waals surface area contributed by atoms with Gasteiger partial charge in [-0.15, -0.1) is 0 Å². The van der Waals surface area contributed by atoms with Gasteiger partial charge in [0.15, 0.2) is 6.40 Å². The molecule has 0 aliphatic carbocycles. The average Bonchev–Trinajstić information content (AvgIpc) is 3.40. The molecule has 111 valence electrons. The molecule has 0 amide bonds. The highest BCUT2D eigenvalue weighted by atomic mass is 16.6. The zero-order chi connectivity index (χ0) is 15.0. The van der Waals surface area contributed by atoms with Gasteiger partial charge in [-0.2, -0.15) is 0 Å². The van der Waals surface area contributed by atoms with Crippen LogP contribution in [0.5, 0.6) is 0 Å². The molecule has 0 bridgehead atoms. The number of rotatable bonds is 8. The third-order valence-electron chi connectivity index (χ3n) is 3.65. The van der Waals surface area contributed by atoms with Gasteiger partial charge in [0.25, 0.3) is 0 Å². The summed E-state index contributed by atoms with van der Waals surface area (Å²) in [5.41, 5.74) is 2.50. The first kappa shape index (κ1) is 14.9. The molecule has 1 fully saturated rings. The molecular formula is C18H19BNO2. The van der Waals surface area contributed by atoms with Crippen molar-refractivity contribution in [3.05, 3.63) is 71.8 Å². The van der Waals surface area contributed by atoms with Gasteiger partial charge < -0.3 is 9.39 Å². The maximum absolute atomic E-state index is 5.41. The van der Waals surface area contributed by atoms with Gasteiger partial charge in [0.2, 0.25) is 0 Å². The molecule has 1 radical (unpaired) electrons. The maximum Gasteiger partial charge on any atom is 0.375 e. The van der Waals surface area contributed by atoms with E-state index in [4.69, 9.17) is 9.39 Å². The van der Waals surface area contributed by atoms with Crippen LogP contribution in [-0.2, 0) is 22.1 Å². The molecule has 4 heteroatoms. The highest BCUT2D eigenvalue weighted by molar-refractivity contribution is 6.29. The third-order valence-corrected chi connectivity index (χ3v) is 3.65. The van der Waals surface area contributed by atoms with Gasteiger partial charge in [0.05, 0.1) is 12.6 Å². The van der Waals surface area contributed by atoms with Crippen molar-refractivity contribution in [1.82, 2.24) is 0 Å². The molecule has 1 saturated heterocycles. The van der Waals surface area contributed by atoms with E-state index in [2.05, 4.69) is 29.3 Å². The van der Waals surface area contributed by atoms with E-state index in [1.165, 1.54) is 17.5 Å². The normalized spacial score (nSPS) is 18.1. The summed E-state index contributed by atoms with van der Waals surface area (Å²) < 4.78 is 10.8. The minimum atomic E-state index is 0.132. The zero-order valence-corrected chi connectivity index (χ0v) is 12.5. The van der Waals surface area contributed by atoms with Crippen LogP contribution in [-0.4, -0.2) is 32.6 Å². The first-order valence-electron chi connectivity index (χ1n) is 7.60. The summed E-state index contributed by atoms with van der Waals surface area (Å²) in [6, 6.07) is 20.7. The molecule has 0 aromatic heterocycles. The summed E-state index contributed by atoms with van der Waals surface area (Å²) in [6.07, 6.45) is 3.42. The van der Waals surface area contributed by atoms with Crippen LogP contribution in [0.3, 0.4) is 0 Å². The lowest BCUT2D eigenvalue weighted by Crippen LogP contribution is -2.17. The Labute approximate surface area is 132 Å². The molecule has 2 aromatic carbocycles. The summed E-state index contributed by atoms with van der Waals surface area (Å²) in [5, 5.41) is 0. The molecular weight excluding hydrogens is 273 g/mol. The number of aliphatic imine (C=N–C) groups is 1. The highest BCUT2D eigenvalue weighted by Gasteiger charge is 2.32. The Morgan fingerprint density at radius 1 is 1.09 bits per heavy atom. The Bertz CT molecular complexity index is 585. The Morgan fingerprint density at radius 2 is 1.73 bits per heavy atom. The van der Waals surface area contributed by atoms with Crippen LogP contribution in [0, 0.1) is 0 Å². The van der Waals surface area contributed by atoms with Crippen LogP contribution in [0.15, 0.2) is 65.7 Å². The summed E-state index contributed by atoms with van der Waals surface area (Å²) in [6.45, 7) is 0.794. The fourth-order valence-corrected chi connectivity index (χ4v) is 2.33. The SMILES string of the molecule is [B](Cc1ccccc1)OC=N[C@@H](Cc1ccccc1)[C@H]1CO1. The van der Waals surface area contributed by atoms with Crippen molar-refractivity contribution >= 4 is 13.9 Å². The zero-order valence-electron chi connectivity index (χ0n) is 12.5. The van der Waals surface area contributed by atoms with Crippen molar-refractivity contribution in [2.24, 2.45) is 4.99 Å². The van der Waals surface area contributed by atoms with E-state index in [1.807, 2.05) is 36.4 Å². The van der Waals surface area contributed by atoms with Crippen molar-refractivity contribution in [3.8, 4) is 0 Å². The van der Waals surface area contributed by atoms with E-state index >= 15 is 0 Å². The Morgan fingerprint density at radius 3 is 2.36 bits per heavy atom. The minimum Gasteiger partial charge on any atom is -0.555 e. The number of ether oxygens (including phenoxy) is 1. The molecule has 1 aliphatic heterocycles. The van der Waals surface area contributed by atoms with E-state index < -0.39 is 0 Å². The maximum atomic E-state index is 5.41. The second-order valence-corrected chi connectivity index (χ2v) is 5.38. The van der Waals surface area contributed by atoms with Gasteiger partial charge in [-0.3, -0.25) is 4.99 Å². The lowest BCUT2D eigenvalue weighted by Gasteiger charge is -2.09. The number of hydrogen-bond acceptors (Lipinski definition) is 3. The predicted molar refractivity (Wildman–Crippen MR) is 89.2 cm³/mol. The fraction of sp³-hybridized carbons (Fsp3) is 0.278. The topological polar surface area (TPSA) is 34.1 Å². The fourth-order valence-electron chi connectivity index (χ4n) is 2.33. The van der Waals surface area contributed by atoms with Gasteiger partial charge in [-0.1, -0.05) is 66.2 Å². The number of hydrogen-bond donors (Lipinski definition) is 0. The largest absolute Gasteiger partial charge is 0.555 e. The van der Waals surface area contributed by atoms with Crippen LogP contribution in [0.25, 0.3) is 0 Å². The molecule has 1 heterocycles. The van der Waals surface area contributed by atoms with Gasteiger partial charge in [0.1, 0.15) is 6.10 Å². The van der Waals surface area contributed by atoms with E-state index in [9.17, 15) is 0 Å². The predicted octanol–water partition coefficient (Wildman–Crippen LogP) is 2.86. The Hall–Kier alpha value is -2.07. The van der Waals surface area contributed by atoms with E-state index in [1.54, 1.807) is 7.48 Å². The third kappa shape index (κ3) is 4.74. The molecule has 3 rings (SSSR count). The van der Waals surface area contributed by atoms with Crippen LogP contribution >= 0.6 is 0 Å². The van der Waals surface area contributed by atoms with Crippen LogP contribution in [0.4, 0.5) is 0 Å². The second kappa shape index (κ2) is 7.80. The standard InChI is InChI=1S/C18H19BNO2/c1-3-7-15(8-4-1)11-17(18-13-21-18)20-14-22-19-12-16-9-5-2-6-10-16/h1-10,14,17-18H,11-13H2/t17-,18+/m0/s1. The summed E-state index contributed by atoms with van der Waals surface area (Å²) in [4.78, 5) is 4.51. The van der Waals surface area contributed by atoms with Crippen molar-refractivity contribution in [2.75, 3.05) is 6.61 Å². The van der Waals surface area contributed by atoms with E-state index in [0.29, 0.717) is 0 Å².